The number of nitrogen functional groups attached to an aromatic ring is 1. The minimum Gasteiger partial charge on any atom is -0.464 e. The average Bonchev–Trinajstić information content (AvgIpc) is 3.24. The molecule has 0 saturated carbocycles. The van der Waals surface area contributed by atoms with E-state index < -0.39 is 46.8 Å². The lowest BCUT2D eigenvalue weighted by Crippen LogP contribution is -2.46. The molecule has 1 fully saturated rings. The molecular weight excluding hydrogens is 414 g/mol. The molecule has 1 saturated heterocycles. The van der Waals surface area contributed by atoms with Crippen LogP contribution in [0.3, 0.4) is 0 Å². The molecule has 0 spiro atoms. The van der Waals surface area contributed by atoms with E-state index in [2.05, 4.69) is 29.4 Å². The number of aliphatic hydroxyl groups is 1. The third-order valence-electron chi connectivity index (χ3n) is 4.14. The molecule has 2 aromatic heterocycles. The number of carbonyl (C=O) groups excluding carboxylic acids is 1. The van der Waals surface area contributed by atoms with Crippen molar-refractivity contribution in [3.8, 4) is 0 Å². The first kappa shape index (κ1) is 20.9. The molecule has 5 atom stereocenters. The van der Waals surface area contributed by atoms with Crippen LogP contribution in [0.1, 0.15) is 13.2 Å². The third kappa shape index (κ3) is 3.82. The van der Waals surface area contributed by atoms with Gasteiger partial charge in [-0.05, 0) is 6.92 Å². The normalized spacial score (nSPS) is 24.3. The first-order valence-corrected chi connectivity index (χ1v) is 8.30. The SMILES string of the molecule is CCOC(=O)C(O)[C@H]1O[C@@H](n2cnc3c(N)ncnc32)[C@H](O[N+](=O)[O-])[C@@H]1O[N+](=O)[O-]. The fourth-order valence-corrected chi connectivity index (χ4v) is 2.99. The number of esters is 1. The maximum atomic E-state index is 11.9. The second kappa shape index (κ2) is 8.25. The number of hydrogen-bond donors (Lipinski definition) is 2. The van der Waals surface area contributed by atoms with Gasteiger partial charge in [-0.2, -0.15) is 0 Å². The zero-order chi connectivity index (χ0) is 22.0. The van der Waals surface area contributed by atoms with Crippen LogP contribution in [-0.4, -0.2) is 71.8 Å². The molecule has 17 nitrogen and oxygen atoms in total. The minimum atomic E-state index is -2.08. The third-order valence-corrected chi connectivity index (χ3v) is 4.14. The van der Waals surface area contributed by atoms with Crippen molar-refractivity contribution in [3.63, 3.8) is 0 Å². The Morgan fingerprint density at radius 1 is 1.30 bits per heavy atom. The molecule has 1 aliphatic rings. The highest BCUT2D eigenvalue weighted by Gasteiger charge is 2.55. The predicted octanol–water partition coefficient (Wildman–Crippen LogP) is -1.62. The van der Waals surface area contributed by atoms with E-state index in [0.717, 1.165) is 17.2 Å². The summed E-state index contributed by atoms with van der Waals surface area (Å²) >= 11 is 0. The number of rotatable bonds is 8. The molecule has 3 rings (SSSR count). The maximum Gasteiger partial charge on any atom is 0.337 e. The van der Waals surface area contributed by atoms with Crippen LogP contribution in [0.2, 0.25) is 0 Å². The predicted molar refractivity (Wildman–Crippen MR) is 90.0 cm³/mol. The first-order chi connectivity index (χ1) is 14.2. The van der Waals surface area contributed by atoms with Gasteiger partial charge < -0.3 is 30.0 Å². The lowest BCUT2D eigenvalue weighted by atomic mass is 10.1. The van der Waals surface area contributed by atoms with Gasteiger partial charge in [0.05, 0.1) is 12.9 Å². The minimum absolute atomic E-state index is 0.00955. The van der Waals surface area contributed by atoms with Gasteiger partial charge in [-0.3, -0.25) is 4.57 Å². The molecule has 0 radical (unpaired) electrons. The van der Waals surface area contributed by atoms with Crippen molar-refractivity contribution in [2.45, 2.75) is 37.6 Å². The standard InChI is InChI=1S/C13H15N7O10/c1-2-27-13(22)6(21)7-8(29-19(23)24)9(30-20(25)26)12(28-7)18-4-17-5-10(14)15-3-16-11(5)18/h3-4,6-9,12,21H,2H2,1H3,(H2,14,15,16)/t6?,7-,8-,9-,12-/m1/s1. The zero-order valence-corrected chi connectivity index (χ0v) is 15.1. The van der Waals surface area contributed by atoms with Crippen molar-refractivity contribution < 1.29 is 39.2 Å². The van der Waals surface area contributed by atoms with E-state index in [9.17, 15) is 30.1 Å². The number of aromatic nitrogens is 4. The molecule has 2 aromatic rings. The summed E-state index contributed by atoms with van der Waals surface area (Å²) < 4.78 is 11.3. The Morgan fingerprint density at radius 2 is 1.97 bits per heavy atom. The van der Waals surface area contributed by atoms with Crippen LogP contribution < -0.4 is 5.73 Å². The number of fused-ring (bicyclic) bond motifs is 1. The lowest BCUT2D eigenvalue weighted by molar-refractivity contribution is -0.798. The summed E-state index contributed by atoms with van der Waals surface area (Å²) in [6.45, 7) is 1.36. The van der Waals surface area contributed by atoms with Crippen molar-refractivity contribution in [1.82, 2.24) is 19.5 Å². The molecule has 17 heteroatoms. The summed E-state index contributed by atoms with van der Waals surface area (Å²) in [4.78, 5) is 54.6. The molecule has 162 valence electrons. The molecule has 0 aliphatic carbocycles. The van der Waals surface area contributed by atoms with Gasteiger partial charge in [0.2, 0.25) is 0 Å². The summed E-state index contributed by atoms with van der Waals surface area (Å²) in [5.74, 6) is -1.19. The molecule has 0 aromatic carbocycles. The van der Waals surface area contributed by atoms with Crippen LogP contribution in [0, 0.1) is 20.2 Å². The van der Waals surface area contributed by atoms with Crippen molar-refractivity contribution in [1.29, 1.82) is 0 Å². The highest BCUT2D eigenvalue weighted by atomic mass is 17.0. The second-order valence-electron chi connectivity index (χ2n) is 5.86. The smallest absolute Gasteiger partial charge is 0.337 e. The Balaban J connectivity index is 2.05. The van der Waals surface area contributed by atoms with Crippen molar-refractivity contribution in [2.24, 2.45) is 0 Å². The van der Waals surface area contributed by atoms with Crippen molar-refractivity contribution in [2.75, 3.05) is 12.3 Å². The van der Waals surface area contributed by atoms with Crippen LogP contribution in [0.25, 0.3) is 11.2 Å². The number of anilines is 1. The molecule has 1 unspecified atom stereocenters. The van der Waals surface area contributed by atoms with Gasteiger partial charge in [-0.25, -0.2) is 19.7 Å². The summed E-state index contributed by atoms with van der Waals surface area (Å²) in [6, 6.07) is 0. The van der Waals surface area contributed by atoms with Gasteiger partial charge >= 0.3 is 5.97 Å². The van der Waals surface area contributed by atoms with Gasteiger partial charge in [-0.15, -0.1) is 20.2 Å². The van der Waals surface area contributed by atoms with Crippen LogP contribution in [0.5, 0.6) is 0 Å². The molecule has 1 aliphatic heterocycles. The van der Waals surface area contributed by atoms with Crippen molar-refractivity contribution in [3.05, 3.63) is 32.9 Å². The molecular formula is C13H15N7O10. The van der Waals surface area contributed by atoms with Crippen molar-refractivity contribution >= 4 is 23.0 Å². The van der Waals surface area contributed by atoms with E-state index in [0.29, 0.717) is 0 Å². The van der Waals surface area contributed by atoms with Gasteiger partial charge in [0.1, 0.15) is 17.9 Å². The van der Waals surface area contributed by atoms with E-state index in [1.165, 1.54) is 6.92 Å². The number of imidazole rings is 1. The van der Waals surface area contributed by atoms with Crippen LogP contribution in [0.15, 0.2) is 12.7 Å². The van der Waals surface area contributed by atoms with Crippen LogP contribution in [-0.2, 0) is 23.9 Å². The summed E-state index contributed by atoms with van der Waals surface area (Å²) in [5.41, 5.74) is 5.87. The van der Waals surface area contributed by atoms with E-state index >= 15 is 0 Å². The Morgan fingerprint density at radius 3 is 2.60 bits per heavy atom. The molecule has 30 heavy (non-hydrogen) atoms. The number of hydrogen-bond acceptors (Lipinski definition) is 14. The first-order valence-electron chi connectivity index (χ1n) is 8.30. The summed E-state index contributed by atoms with van der Waals surface area (Å²) in [7, 11) is 0. The average molecular weight is 429 g/mol. The fourth-order valence-electron chi connectivity index (χ4n) is 2.99. The van der Waals surface area contributed by atoms with E-state index in [4.69, 9.17) is 10.5 Å². The number of ether oxygens (including phenoxy) is 2. The van der Waals surface area contributed by atoms with Crippen LogP contribution >= 0.6 is 0 Å². The maximum absolute atomic E-state index is 11.9. The Hall–Kier alpha value is -3.86. The zero-order valence-electron chi connectivity index (χ0n) is 15.1. The fraction of sp³-hybridized carbons (Fsp3) is 0.538. The quantitative estimate of drug-likeness (QED) is 0.273. The Labute approximate surface area is 165 Å². The van der Waals surface area contributed by atoms with Crippen LogP contribution in [0.4, 0.5) is 5.82 Å². The highest BCUT2D eigenvalue weighted by Crippen LogP contribution is 2.37. The van der Waals surface area contributed by atoms with Gasteiger partial charge in [0.25, 0.3) is 10.2 Å². The van der Waals surface area contributed by atoms with Gasteiger partial charge in [-0.1, -0.05) is 0 Å². The number of aliphatic hydroxyl groups excluding tert-OH is 1. The number of carbonyl (C=O) groups is 1. The van der Waals surface area contributed by atoms with E-state index in [1.54, 1.807) is 0 Å². The summed E-state index contributed by atoms with van der Waals surface area (Å²) in [6.07, 6.45) is -6.83. The highest BCUT2D eigenvalue weighted by molar-refractivity contribution is 5.81. The second-order valence-corrected chi connectivity index (χ2v) is 5.86. The van der Waals surface area contributed by atoms with E-state index in [1.807, 2.05) is 0 Å². The largest absolute Gasteiger partial charge is 0.464 e. The molecule has 3 heterocycles. The Kier molecular flexibility index (Phi) is 5.74. The molecule has 3 N–H and O–H groups in total. The lowest BCUT2D eigenvalue weighted by Gasteiger charge is -2.22. The number of nitrogens with two attached hydrogens (primary N) is 1. The molecule has 0 bridgehead atoms. The number of nitrogens with zero attached hydrogens (tertiary/aromatic N) is 6. The topological polar surface area (TPSA) is 230 Å². The summed E-state index contributed by atoms with van der Waals surface area (Å²) in [5, 5.41) is 29.7. The Bertz CT molecular complexity index is 967. The van der Waals surface area contributed by atoms with E-state index in [-0.39, 0.29) is 23.6 Å². The van der Waals surface area contributed by atoms with Gasteiger partial charge in [0.15, 0.2) is 36.0 Å². The van der Waals surface area contributed by atoms with Gasteiger partial charge in [0, 0.05) is 0 Å². The molecule has 0 amide bonds. The monoisotopic (exact) mass is 429 g/mol.